The number of rotatable bonds is 6. The van der Waals surface area contributed by atoms with E-state index in [4.69, 9.17) is 5.26 Å². The number of nitrogens with zero attached hydrogens (tertiary/aromatic N) is 2. The molecule has 0 aromatic heterocycles. The fraction of sp³-hybridized carbons (Fsp3) is 0.609. The van der Waals surface area contributed by atoms with Gasteiger partial charge < -0.3 is 15.5 Å². The van der Waals surface area contributed by atoms with E-state index in [1.54, 1.807) is 0 Å². The Balaban J connectivity index is 1.28. The van der Waals surface area contributed by atoms with Crippen LogP contribution in [0.4, 0.5) is 4.39 Å². The maximum Gasteiger partial charge on any atom is 0.237 e. The minimum Gasteiger partial charge on any atom is -0.352 e. The molecule has 2 atom stereocenters. The highest BCUT2D eigenvalue weighted by Crippen LogP contribution is 2.52. The van der Waals surface area contributed by atoms with Gasteiger partial charge in [0.15, 0.2) is 0 Å². The number of alkyl halides is 1. The van der Waals surface area contributed by atoms with Crippen LogP contribution in [0.5, 0.6) is 0 Å². The van der Waals surface area contributed by atoms with Gasteiger partial charge >= 0.3 is 0 Å². The molecule has 1 heterocycles. The monoisotopic (exact) mass is 412 g/mol. The molecule has 5 rings (SSSR count). The first-order valence-corrected chi connectivity index (χ1v) is 10.9. The summed E-state index contributed by atoms with van der Waals surface area (Å²) in [6.45, 7) is 0.680. The topological polar surface area (TPSA) is 85.2 Å². The second kappa shape index (κ2) is 8.35. The quantitative estimate of drug-likeness (QED) is 0.752. The van der Waals surface area contributed by atoms with Crippen LogP contribution in [0, 0.1) is 16.7 Å². The molecule has 1 aromatic carbocycles. The lowest BCUT2D eigenvalue weighted by Gasteiger charge is -2.53. The first-order chi connectivity index (χ1) is 14.5. The van der Waals surface area contributed by atoms with Crippen molar-refractivity contribution in [3.8, 4) is 6.07 Å². The van der Waals surface area contributed by atoms with Crippen molar-refractivity contribution in [2.24, 2.45) is 5.41 Å². The Kier molecular flexibility index (Phi) is 5.79. The number of nitriles is 1. The third kappa shape index (κ3) is 4.06. The minimum atomic E-state index is -1.11. The summed E-state index contributed by atoms with van der Waals surface area (Å²) in [7, 11) is 0. The van der Waals surface area contributed by atoms with Gasteiger partial charge in [-0.15, -0.1) is 0 Å². The summed E-state index contributed by atoms with van der Waals surface area (Å²) in [5, 5.41) is 15.7. The summed E-state index contributed by atoms with van der Waals surface area (Å²) in [6.07, 6.45) is 3.99. The molecule has 3 aliphatic carbocycles. The summed E-state index contributed by atoms with van der Waals surface area (Å²) in [5.74, 6) is -0.0715. The summed E-state index contributed by atoms with van der Waals surface area (Å²) in [5.41, 5.74) is 0.662. The summed E-state index contributed by atoms with van der Waals surface area (Å²) in [4.78, 5) is 26.8. The zero-order valence-corrected chi connectivity index (χ0v) is 17.2. The van der Waals surface area contributed by atoms with E-state index in [-0.39, 0.29) is 42.3 Å². The van der Waals surface area contributed by atoms with E-state index in [1.165, 1.54) is 4.90 Å². The van der Waals surface area contributed by atoms with Crippen molar-refractivity contribution < 1.29 is 14.0 Å². The molecule has 0 spiro atoms. The normalized spacial score (nSPS) is 32.6. The maximum atomic E-state index is 13.6. The predicted octanol–water partition coefficient (Wildman–Crippen LogP) is 2.45. The lowest BCUT2D eigenvalue weighted by molar-refractivity contribution is -0.139. The largest absolute Gasteiger partial charge is 0.352 e. The summed E-state index contributed by atoms with van der Waals surface area (Å²) in [6, 6.07) is 11.3. The maximum absolute atomic E-state index is 13.6. The van der Waals surface area contributed by atoms with Crippen molar-refractivity contribution in [1.82, 2.24) is 15.5 Å². The number of likely N-dealkylation sites (tertiary alicyclic amines) is 1. The van der Waals surface area contributed by atoms with Gasteiger partial charge in [0, 0.05) is 23.9 Å². The lowest BCUT2D eigenvalue weighted by atomic mass is 9.57. The van der Waals surface area contributed by atoms with E-state index >= 15 is 0 Å². The van der Waals surface area contributed by atoms with Crippen LogP contribution in [-0.2, 0) is 16.1 Å². The number of amides is 2. The molecular weight excluding hydrogens is 383 g/mol. The molecule has 1 aliphatic heterocycles. The highest BCUT2D eigenvalue weighted by molar-refractivity contribution is 5.83. The van der Waals surface area contributed by atoms with E-state index in [9.17, 15) is 14.0 Å². The molecule has 4 fully saturated rings. The molecule has 3 saturated carbocycles. The number of fused-ring (bicyclic) bond motifs is 3. The van der Waals surface area contributed by atoms with E-state index in [1.807, 2.05) is 36.4 Å². The molecule has 2 bridgehead atoms. The minimum absolute atomic E-state index is 0.0104. The predicted molar refractivity (Wildman–Crippen MR) is 110 cm³/mol. The van der Waals surface area contributed by atoms with Crippen molar-refractivity contribution in [3.05, 3.63) is 35.9 Å². The number of benzene rings is 1. The molecule has 2 amide bonds. The summed E-state index contributed by atoms with van der Waals surface area (Å²) < 4.78 is 13.6. The van der Waals surface area contributed by atoms with E-state index in [0.29, 0.717) is 6.54 Å². The van der Waals surface area contributed by atoms with Crippen LogP contribution in [0.3, 0.4) is 0 Å². The smallest absolute Gasteiger partial charge is 0.237 e. The Labute approximate surface area is 176 Å². The van der Waals surface area contributed by atoms with E-state index in [2.05, 4.69) is 10.6 Å². The van der Waals surface area contributed by atoms with Crippen molar-refractivity contribution in [2.75, 3.05) is 13.1 Å². The third-order valence-electron chi connectivity index (χ3n) is 7.36. The van der Waals surface area contributed by atoms with Crippen molar-refractivity contribution in [2.45, 2.75) is 69.2 Å². The Morgan fingerprint density at radius 1 is 1.13 bits per heavy atom. The average molecular weight is 413 g/mol. The van der Waals surface area contributed by atoms with Gasteiger partial charge in [-0.3, -0.25) is 9.59 Å². The van der Waals surface area contributed by atoms with Crippen LogP contribution in [0.1, 0.15) is 50.5 Å². The molecule has 6 nitrogen and oxygen atoms in total. The van der Waals surface area contributed by atoms with Gasteiger partial charge in [-0.05, 0) is 44.1 Å². The lowest BCUT2D eigenvalue weighted by Crippen LogP contribution is -2.60. The van der Waals surface area contributed by atoms with Crippen molar-refractivity contribution in [1.29, 1.82) is 5.26 Å². The molecule has 1 saturated heterocycles. The Hall–Kier alpha value is -2.46. The zero-order valence-electron chi connectivity index (χ0n) is 17.2. The van der Waals surface area contributed by atoms with Gasteiger partial charge in [0.05, 0.1) is 19.2 Å². The Morgan fingerprint density at radius 3 is 2.43 bits per heavy atom. The molecular formula is C23H29FN4O2. The number of hydrogen-bond donors (Lipinski definition) is 2. The summed E-state index contributed by atoms with van der Waals surface area (Å²) >= 11 is 0. The second-order valence-corrected chi connectivity index (χ2v) is 9.11. The van der Waals surface area contributed by atoms with Crippen molar-refractivity contribution in [3.63, 3.8) is 0 Å². The van der Waals surface area contributed by atoms with Gasteiger partial charge in [-0.2, -0.15) is 5.26 Å². The van der Waals surface area contributed by atoms with Crippen LogP contribution in [0.25, 0.3) is 0 Å². The van der Waals surface area contributed by atoms with Crippen LogP contribution in [0.15, 0.2) is 30.3 Å². The number of carbonyl (C=O) groups excluding carboxylic acids is 2. The second-order valence-electron chi connectivity index (χ2n) is 9.11. The van der Waals surface area contributed by atoms with E-state index < -0.39 is 12.2 Å². The Morgan fingerprint density at radius 2 is 1.80 bits per heavy atom. The molecule has 7 heteroatoms. The van der Waals surface area contributed by atoms with Crippen LogP contribution in [0.2, 0.25) is 0 Å². The standard InChI is InChI=1S/C23H29FN4O2/c24-18-12-19(13-25)28(16-18)20(29)15-27-23-9-6-22(7-10-23,8-11-23)21(30)26-14-17-4-2-1-3-5-17/h1-5,18-19,27H,6-12,14-16H2,(H,26,30). The zero-order chi connectivity index (χ0) is 21.2. The third-order valence-corrected chi connectivity index (χ3v) is 7.36. The van der Waals surface area contributed by atoms with E-state index in [0.717, 1.165) is 44.1 Å². The molecule has 160 valence electrons. The van der Waals surface area contributed by atoms with Crippen LogP contribution >= 0.6 is 0 Å². The Bertz CT molecular complexity index is 813. The number of halogens is 1. The highest BCUT2D eigenvalue weighted by atomic mass is 19.1. The first-order valence-electron chi connectivity index (χ1n) is 10.9. The molecule has 0 radical (unpaired) electrons. The number of hydrogen-bond acceptors (Lipinski definition) is 4. The van der Waals surface area contributed by atoms with Crippen LogP contribution in [-0.4, -0.2) is 47.6 Å². The SMILES string of the molecule is N#CC1CC(F)CN1C(=O)CNC12CCC(C(=O)NCc3ccccc3)(CC1)CC2. The van der Waals surface area contributed by atoms with Gasteiger partial charge in [-0.1, -0.05) is 30.3 Å². The number of carbonyl (C=O) groups is 2. The van der Waals surface area contributed by atoms with Crippen LogP contribution < -0.4 is 10.6 Å². The van der Waals surface area contributed by atoms with Crippen molar-refractivity contribution >= 4 is 11.8 Å². The van der Waals surface area contributed by atoms with Gasteiger partial charge in [0.2, 0.25) is 11.8 Å². The fourth-order valence-corrected chi connectivity index (χ4v) is 5.30. The molecule has 1 aromatic rings. The first kappa shape index (κ1) is 20.8. The molecule has 2 N–H and O–H groups in total. The molecule has 4 aliphatic rings. The van der Waals surface area contributed by atoms with Gasteiger partial charge in [0.25, 0.3) is 0 Å². The van der Waals surface area contributed by atoms with Gasteiger partial charge in [-0.25, -0.2) is 4.39 Å². The number of nitrogens with one attached hydrogen (secondary N) is 2. The molecule has 30 heavy (non-hydrogen) atoms. The average Bonchev–Trinajstić information content (AvgIpc) is 3.18. The fourth-order valence-electron chi connectivity index (χ4n) is 5.30. The van der Waals surface area contributed by atoms with Gasteiger partial charge in [0.1, 0.15) is 12.2 Å². The highest BCUT2D eigenvalue weighted by Gasteiger charge is 2.52. The molecule has 2 unspecified atom stereocenters.